The maximum atomic E-state index is 6.32. The molecule has 4 rings (SSSR count). The first-order chi connectivity index (χ1) is 20.6. The van der Waals surface area contributed by atoms with Gasteiger partial charge in [0.05, 0.1) is 25.4 Å². The highest BCUT2D eigenvalue weighted by Gasteiger charge is 2.30. The van der Waals surface area contributed by atoms with E-state index < -0.39 is 0 Å². The molecule has 6 atom stereocenters. The summed E-state index contributed by atoms with van der Waals surface area (Å²) in [5, 5.41) is 0. The second-order valence-corrected chi connectivity index (χ2v) is 12.9. The average molecular weight is 579 g/mol. The lowest BCUT2D eigenvalue weighted by atomic mass is 9.95. The summed E-state index contributed by atoms with van der Waals surface area (Å²) in [5.74, 6) is 0.994. The highest BCUT2D eigenvalue weighted by Crippen LogP contribution is 2.35. The molecule has 0 amide bonds. The number of rotatable bonds is 17. The molecule has 0 aromatic heterocycles. The van der Waals surface area contributed by atoms with Gasteiger partial charge in [0.2, 0.25) is 0 Å². The minimum Gasteiger partial charge on any atom is -0.348 e. The molecule has 2 aromatic carbocycles. The highest BCUT2D eigenvalue weighted by atomic mass is 16.7. The molecule has 0 bridgehead atoms. The molecule has 2 saturated heterocycles. The van der Waals surface area contributed by atoms with E-state index in [1.54, 1.807) is 0 Å². The molecule has 0 aliphatic carbocycles. The summed E-state index contributed by atoms with van der Waals surface area (Å²) in [7, 11) is 0. The summed E-state index contributed by atoms with van der Waals surface area (Å²) in [6.45, 7) is 10.5. The fraction of sp³-hybridized carbons (Fsp3) is 0.684. The molecule has 0 saturated carbocycles. The van der Waals surface area contributed by atoms with Gasteiger partial charge in [-0.2, -0.15) is 0 Å². The Morgan fingerprint density at radius 1 is 0.500 bits per heavy atom. The fourth-order valence-corrected chi connectivity index (χ4v) is 6.41. The first-order valence-corrected chi connectivity index (χ1v) is 17.3. The summed E-state index contributed by atoms with van der Waals surface area (Å²) in [4.78, 5) is 0. The van der Waals surface area contributed by atoms with E-state index in [4.69, 9.17) is 18.9 Å². The number of benzene rings is 2. The second kappa shape index (κ2) is 18.2. The summed E-state index contributed by atoms with van der Waals surface area (Å²) >= 11 is 0. The molecule has 234 valence electrons. The van der Waals surface area contributed by atoms with Gasteiger partial charge in [-0.15, -0.1) is 0 Å². The first-order valence-electron chi connectivity index (χ1n) is 17.3. The van der Waals surface area contributed by atoms with E-state index >= 15 is 0 Å². The van der Waals surface area contributed by atoms with Crippen molar-refractivity contribution < 1.29 is 18.9 Å². The standard InChI is InChI=1S/C38H58O4/c1-5-7-9-11-13-15-17-35-27-39-37(41-29(35)3)33-23-19-31(20-24-33)32-21-25-34(26-22-32)38-40-28-36(30(4)42-38)18-16-14-12-10-8-6-2/h19-26,29-30,35-38H,5-18,27-28H2,1-4H3/t29-,30-,35+,36+,37+,38+/m1/s1. The molecular formula is C38H58O4. The van der Waals surface area contributed by atoms with Crippen molar-refractivity contribution in [2.24, 2.45) is 11.8 Å². The minimum atomic E-state index is -0.273. The van der Waals surface area contributed by atoms with Crippen molar-refractivity contribution in [3.05, 3.63) is 59.7 Å². The molecule has 2 fully saturated rings. The van der Waals surface area contributed by atoms with Crippen LogP contribution in [0.5, 0.6) is 0 Å². The molecule has 0 N–H and O–H groups in total. The average Bonchev–Trinajstić information content (AvgIpc) is 3.02. The lowest BCUT2D eigenvalue weighted by molar-refractivity contribution is -0.237. The lowest BCUT2D eigenvalue weighted by Crippen LogP contribution is -2.34. The minimum absolute atomic E-state index is 0.226. The van der Waals surface area contributed by atoms with Crippen molar-refractivity contribution in [1.82, 2.24) is 0 Å². The van der Waals surface area contributed by atoms with Gasteiger partial charge < -0.3 is 18.9 Å². The van der Waals surface area contributed by atoms with Crippen LogP contribution >= 0.6 is 0 Å². The van der Waals surface area contributed by atoms with E-state index in [2.05, 4.69) is 76.2 Å². The number of hydrogen-bond acceptors (Lipinski definition) is 4. The normalized spacial score (nSPS) is 26.4. The zero-order chi connectivity index (χ0) is 29.6. The molecule has 2 aromatic rings. The predicted octanol–water partition coefficient (Wildman–Crippen LogP) is 11.0. The molecule has 2 heterocycles. The first kappa shape index (κ1) is 33.2. The molecule has 2 aliphatic heterocycles. The van der Waals surface area contributed by atoms with Gasteiger partial charge in [0.15, 0.2) is 12.6 Å². The summed E-state index contributed by atoms with van der Waals surface area (Å²) in [6, 6.07) is 17.3. The van der Waals surface area contributed by atoms with Gasteiger partial charge >= 0.3 is 0 Å². The number of unbranched alkanes of at least 4 members (excludes halogenated alkanes) is 10. The van der Waals surface area contributed by atoms with Crippen LogP contribution in [-0.4, -0.2) is 25.4 Å². The molecule has 0 radical (unpaired) electrons. The van der Waals surface area contributed by atoms with Crippen molar-refractivity contribution in [3.8, 4) is 11.1 Å². The summed E-state index contributed by atoms with van der Waals surface area (Å²) < 4.78 is 25.0. The quantitative estimate of drug-likeness (QED) is 0.175. The van der Waals surface area contributed by atoms with Gasteiger partial charge in [-0.05, 0) is 37.8 Å². The molecular weight excluding hydrogens is 520 g/mol. The highest BCUT2D eigenvalue weighted by molar-refractivity contribution is 5.64. The Morgan fingerprint density at radius 3 is 1.21 bits per heavy atom. The van der Waals surface area contributed by atoms with Crippen molar-refractivity contribution in [3.63, 3.8) is 0 Å². The Kier molecular flexibility index (Phi) is 14.4. The monoisotopic (exact) mass is 578 g/mol. The fourth-order valence-electron chi connectivity index (χ4n) is 6.41. The Morgan fingerprint density at radius 2 is 0.857 bits per heavy atom. The van der Waals surface area contributed by atoms with Crippen molar-refractivity contribution >= 4 is 0 Å². The van der Waals surface area contributed by atoms with E-state index in [-0.39, 0.29) is 24.8 Å². The number of ether oxygens (including phenoxy) is 4. The maximum Gasteiger partial charge on any atom is 0.184 e. The van der Waals surface area contributed by atoms with Gasteiger partial charge in [-0.1, -0.05) is 139 Å². The Hall–Kier alpha value is -1.72. The SMILES string of the molecule is CCCCCCCC[C@H]1CO[C@H](c2ccc(-c3ccc([C@H]4OC[C@H](CCCCCCCC)[C@@H](C)O4)cc3)cc2)O[C@@H]1C. The van der Waals surface area contributed by atoms with Crippen LogP contribution in [0.2, 0.25) is 0 Å². The van der Waals surface area contributed by atoms with Gasteiger partial charge in [0.1, 0.15) is 0 Å². The third kappa shape index (κ3) is 10.2. The number of hydrogen-bond donors (Lipinski definition) is 0. The topological polar surface area (TPSA) is 36.9 Å². The molecule has 4 heteroatoms. The predicted molar refractivity (Wildman–Crippen MR) is 173 cm³/mol. The van der Waals surface area contributed by atoms with Crippen LogP contribution in [0.1, 0.15) is 141 Å². The van der Waals surface area contributed by atoms with E-state index in [0.717, 1.165) is 24.3 Å². The lowest BCUT2D eigenvalue weighted by Gasteiger charge is -2.35. The molecule has 0 unspecified atom stereocenters. The van der Waals surface area contributed by atoms with Gasteiger partial charge in [-0.3, -0.25) is 0 Å². The van der Waals surface area contributed by atoms with Crippen molar-refractivity contribution in [2.75, 3.05) is 13.2 Å². The Bertz CT molecular complexity index is 906. The van der Waals surface area contributed by atoms with Crippen LogP contribution in [0.4, 0.5) is 0 Å². The molecule has 2 aliphatic rings. The van der Waals surface area contributed by atoms with E-state index in [1.807, 2.05) is 0 Å². The Labute approximate surface area is 256 Å². The summed E-state index contributed by atoms with van der Waals surface area (Å²) in [6.07, 6.45) is 18.3. The second-order valence-electron chi connectivity index (χ2n) is 12.9. The van der Waals surface area contributed by atoms with Gasteiger partial charge in [-0.25, -0.2) is 0 Å². The smallest absolute Gasteiger partial charge is 0.184 e. The van der Waals surface area contributed by atoms with Crippen LogP contribution in [0.3, 0.4) is 0 Å². The molecule has 4 nitrogen and oxygen atoms in total. The van der Waals surface area contributed by atoms with Crippen molar-refractivity contribution in [2.45, 2.75) is 142 Å². The summed E-state index contributed by atoms with van der Waals surface area (Å²) in [5.41, 5.74) is 4.56. The largest absolute Gasteiger partial charge is 0.348 e. The van der Waals surface area contributed by atoms with Crippen LogP contribution in [0, 0.1) is 11.8 Å². The third-order valence-corrected chi connectivity index (χ3v) is 9.48. The molecule has 0 spiro atoms. The molecule has 42 heavy (non-hydrogen) atoms. The maximum absolute atomic E-state index is 6.32. The zero-order valence-corrected chi connectivity index (χ0v) is 27.0. The van der Waals surface area contributed by atoms with Crippen LogP contribution in [0.15, 0.2) is 48.5 Å². The van der Waals surface area contributed by atoms with E-state index in [1.165, 1.54) is 101 Å². The third-order valence-electron chi connectivity index (χ3n) is 9.48. The van der Waals surface area contributed by atoms with Gasteiger partial charge in [0, 0.05) is 23.0 Å². The van der Waals surface area contributed by atoms with Crippen LogP contribution in [0.25, 0.3) is 11.1 Å². The van der Waals surface area contributed by atoms with Crippen molar-refractivity contribution in [1.29, 1.82) is 0 Å². The zero-order valence-electron chi connectivity index (χ0n) is 27.0. The van der Waals surface area contributed by atoms with E-state index in [0.29, 0.717) is 11.8 Å². The Balaban J connectivity index is 1.20. The van der Waals surface area contributed by atoms with E-state index in [9.17, 15) is 0 Å². The van der Waals surface area contributed by atoms with Crippen LogP contribution < -0.4 is 0 Å². The van der Waals surface area contributed by atoms with Gasteiger partial charge in [0.25, 0.3) is 0 Å². The van der Waals surface area contributed by atoms with Crippen LogP contribution in [-0.2, 0) is 18.9 Å².